The van der Waals surface area contributed by atoms with Gasteiger partial charge in [-0.05, 0) is 52.7 Å². The highest BCUT2D eigenvalue weighted by molar-refractivity contribution is 9.10. The number of methoxy groups -OCH3 is 1. The van der Waals surface area contributed by atoms with Crippen molar-refractivity contribution in [3.8, 4) is 5.75 Å². The van der Waals surface area contributed by atoms with Crippen molar-refractivity contribution >= 4 is 21.8 Å². The van der Waals surface area contributed by atoms with Gasteiger partial charge in [0, 0.05) is 11.6 Å². The van der Waals surface area contributed by atoms with Crippen molar-refractivity contribution in [2.24, 2.45) is 0 Å². The Bertz CT molecular complexity index is 686. The molecular weight excluding hydrogens is 356 g/mol. The monoisotopic (exact) mass is 369 g/mol. The van der Waals surface area contributed by atoms with Gasteiger partial charge >= 0.3 is 0 Å². The summed E-state index contributed by atoms with van der Waals surface area (Å²) in [5.74, 6) is -1.44. The van der Waals surface area contributed by atoms with Crippen LogP contribution in [0.3, 0.4) is 0 Å². The van der Waals surface area contributed by atoms with E-state index in [-0.39, 0.29) is 11.6 Å². The molecule has 0 aromatic heterocycles. The van der Waals surface area contributed by atoms with Crippen LogP contribution in [-0.4, -0.2) is 13.0 Å². The van der Waals surface area contributed by atoms with Gasteiger partial charge < -0.3 is 10.1 Å². The quantitative estimate of drug-likeness (QED) is 0.875. The van der Waals surface area contributed by atoms with E-state index in [0.717, 1.165) is 28.2 Å². The predicted octanol–water partition coefficient (Wildman–Crippen LogP) is 4.23. The lowest BCUT2D eigenvalue weighted by Gasteiger charge is -2.16. The average molecular weight is 370 g/mol. The van der Waals surface area contributed by atoms with E-state index in [0.29, 0.717) is 5.75 Å². The van der Waals surface area contributed by atoms with Crippen LogP contribution in [0.5, 0.6) is 5.75 Å². The molecule has 0 saturated carbocycles. The molecule has 1 atom stereocenters. The Balaban J connectivity index is 2.15. The van der Waals surface area contributed by atoms with Gasteiger partial charge in [0.05, 0.1) is 17.6 Å². The minimum Gasteiger partial charge on any atom is -0.496 e. The molecule has 0 aliphatic carbocycles. The van der Waals surface area contributed by atoms with Gasteiger partial charge in [0.25, 0.3) is 5.91 Å². The van der Waals surface area contributed by atoms with Gasteiger partial charge in [-0.1, -0.05) is 6.07 Å². The van der Waals surface area contributed by atoms with Crippen LogP contribution in [0, 0.1) is 11.6 Å². The smallest absolute Gasteiger partial charge is 0.251 e. The van der Waals surface area contributed by atoms with Gasteiger partial charge in [0.1, 0.15) is 17.4 Å². The minimum absolute atomic E-state index is 0.0584. The van der Waals surface area contributed by atoms with E-state index < -0.39 is 17.5 Å². The molecule has 2 aromatic rings. The fourth-order valence-corrected chi connectivity index (χ4v) is 2.56. The summed E-state index contributed by atoms with van der Waals surface area (Å²) in [7, 11) is 1.56. The van der Waals surface area contributed by atoms with Crippen molar-refractivity contribution < 1.29 is 18.3 Å². The summed E-state index contributed by atoms with van der Waals surface area (Å²) in [5, 5.41) is 2.70. The first-order valence-electron chi connectivity index (χ1n) is 6.51. The SMILES string of the molecule is COc1ccc([C@H](C)NC(=O)c2cc(F)cc(F)c2)cc1Br. The maximum Gasteiger partial charge on any atom is 0.251 e. The van der Waals surface area contributed by atoms with Crippen molar-refractivity contribution in [1.82, 2.24) is 5.32 Å². The maximum absolute atomic E-state index is 13.1. The fourth-order valence-electron chi connectivity index (χ4n) is 2.00. The second-order valence-electron chi connectivity index (χ2n) is 4.75. The van der Waals surface area contributed by atoms with Crippen molar-refractivity contribution in [2.75, 3.05) is 7.11 Å². The van der Waals surface area contributed by atoms with Crippen LogP contribution in [0.1, 0.15) is 28.9 Å². The Morgan fingerprint density at radius 3 is 2.36 bits per heavy atom. The first-order chi connectivity index (χ1) is 10.4. The summed E-state index contributed by atoms with van der Waals surface area (Å²) in [5.41, 5.74) is 0.773. The number of benzene rings is 2. The Labute approximate surface area is 135 Å². The van der Waals surface area contributed by atoms with E-state index >= 15 is 0 Å². The highest BCUT2D eigenvalue weighted by atomic mass is 79.9. The molecule has 2 rings (SSSR count). The molecule has 0 radical (unpaired) electrons. The van der Waals surface area contributed by atoms with Crippen molar-refractivity contribution in [3.05, 3.63) is 63.6 Å². The molecule has 3 nitrogen and oxygen atoms in total. The molecule has 0 bridgehead atoms. The maximum atomic E-state index is 13.1. The molecule has 6 heteroatoms. The van der Waals surface area contributed by atoms with Gasteiger partial charge in [0.15, 0.2) is 0 Å². The van der Waals surface area contributed by atoms with Gasteiger partial charge in [-0.25, -0.2) is 8.78 Å². The van der Waals surface area contributed by atoms with E-state index in [9.17, 15) is 13.6 Å². The minimum atomic E-state index is -0.787. The Morgan fingerprint density at radius 1 is 1.18 bits per heavy atom. The normalized spacial score (nSPS) is 11.9. The Kier molecular flexibility index (Phi) is 5.13. The van der Waals surface area contributed by atoms with Crippen LogP contribution in [-0.2, 0) is 0 Å². The predicted molar refractivity (Wildman–Crippen MR) is 82.9 cm³/mol. The second kappa shape index (κ2) is 6.87. The third-order valence-corrected chi connectivity index (χ3v) is 3.77. The van der Waals surface area contributed by atoms with Crippen molar-refractivity contribution in [2.45, 2.75) is 13.0 Å². The number of amides is 1. The molecule has 22 heavy (non-hydrogen) atoms. The molecule has 2 aromatic carbocycles. The van der Waals surface area contributed by atoms with Crippen molar-refractivity contribution in [3.63, 3.8) is 0 Å². The molecule has 0 fully saturated rings. The highest BCUT2D eigenvalue weighted by Crippen LogP contribution is 2.28. The Morgan fingerprint density at radius 2 is 1.82 bits per heavy atom. The number of nitrogens with one attached hydrogen (secondary N) is 1. The molecule has 116 valence electrons. The van der Waals surface area contributed by atoms with E-state index in [1.807, 2.05) is 6.07 Å². The van der Waals surface area contributed by atoms with Gasteiger partial charge in [-0.3, -0.25) is 4.79 Å². The summed E-state index contributed by atoms with van der Waals surface area (Å²) in [6.07, 6.45) is 0. The average Bonchev–Trinajstić information content (AvgIpc) is 2.46. The molecule has 0 spiro atoms. The standard InChI is InChI=1S/C16H14BrF2NO2/c1-9(10-3-4-15(22-2)14(17)7-10)20-16(21)11-5-12(18)8-13(19)6-11/h3-9H,1-2H3,(H,20,21)/t9-/m0/s1. The highest BCUT2D eigenvalue weighted by Gasteiger charge is 2.14. The number of carbonyl (C=O) groups excluding carboxylic acids is 1. The van der Waals surface area contributed by atoms with Crippen LogP contribution in [0.4, 0.5) is 8.78 Å². The Hall–Kier alpha value is -1.95. The molecule has 0 saturated heterocycles. The topological polar surface area (TPSA) is 38.3 Å². The summed E-state index contributed by atoms with van der Waals surface area (Å²) >= 11 is 3.37. The molecule has 0 heterocycles. The van der Waals surface area contributed by atoms with Crippen LogP contribution in [0.25, 0.3) is 0 Å². The zero-order valence-electron chi connectivity index (χ0n) is 12.0. The first kappa shape index (κ1) is 16.4. The second-order valence-corrected chi connectivity index (χ2v) is 5.60. The van der Waals surface area contributed by atoms with Crippen molar-refractivity contribution in [1.29, 1.82) is 0 Å². The molecule has 1 amide bonds. The van der Waals surface area contributed by atoms with Crippen LogP contribution in [0.2, 0.25) is 0 Å². The summed E-state index contributed by atoms with van der Waals surface area (Å²) in [6, 6.07) is 7.77. The molecule has 1 N–H and O–H groups in total. The lowest BCUT2D eigenvalue weighted by Crippen LogP contribution is -2.26. The summed E-state index contributed by atoms with van der Waals surface area (Å²) < 4.78 is 32.2. The molecular formula is C16H14BrF2NO2. The van der Waals surface area contributed by atoms with E-state index in [1.54, 1.807) is 26.2 Å². The number of ether oxygens (including phenoxy) is 1. The summed E-state index contributed by atoms with van der Waals surface area (Å²) in [4.78, 5) is 12.1. The lowest BCUT2D eigenvalue weighted by molar-refractivity contribution is 0.0939. The first-order valence-corrected chi connectivity index (χ1v) is 7.30. The summed E-state index contributed by atoms with van der Waals surface area (Å²) in [6.45, 7) is 1.78. The van der Waals surface area contributed by atoms with E-state index in [4.69, 9.17) is 4.74 Å². The zero-order valence-corrected chi connectivity index (χ0v) is 13.6. The number of rotatable bonds is 4. The van der Waals surface area contributed by atoms with Crippen LogP contribution in [0.15, 0.2) is 40.9 Å². The molecule has 0 aliphatic heterocycles. The fraction of sp³-hybridized carbons (Fsp3) is 0.188. The largest absolute Gasteiger partial charge is 0.496 e. The van der Waals surface area contributed by atoms with E-state index in [2.05, 4.69) is 21.2 Å². The van der Waals surface area contributed by atoms with Gasteiger partial charge in [0.2, 0.25) is 0 Å². The van der Waals surface area contributed by atoms with Crippen LogP contribution < -0.4 is 10.1 Å². The van der Waals surface area contributed by atoms with Gasteiger partial charge in [-0.2, -0.15) is 0 Å². The number of hydrogen-bond donors (Lipinski definition) is 1. The number of halogens is 3. The number of carbonyl (C=O) groups is 1. The van der Waals surface area contributed by atoms with Crippen LogP contribution >= 0.6 is 15.9 Å². The molecule has 0 aliphatic rings. The number of hydrogen-bond acceptors (Lipinski definition) is 2. The lowest BCUT2D eigenvalue weighted by atomic mass is 10.1. The zero-order chi connectivity index (χ0) is 16.3. The van der Waals surface area contributed by atoms with E-state index in [1.165, 1.54) is 0 Å². The third kappa shape index (κ3) is 3.82. The molecule has 0 unspecified atom stereocenters. The van der Waals surface area contributed by atoms with Gasteiger partial charge in [-0.15, -0.1) is 0 Å². The third-order valence-electron chi connectivity index (χ3n) is 3.15.